The molecule has 2 aliphatic heterocycles. The highest BCUT2D eigenvalue weighted by molar-refractivity contribution is 6.31. The molecule has 0 bridgehead atoms. The second kappa shape index (κ2) is 16.1. The monoisotopic (exact) mass is 709 g/mol. The number of esters is 1. The first-order chi connectivity index (χ1) is 23.4. The number of aliphatic hydroxyl groups excluding tert-OH is 1. The molecule has 11 heteroatoms. The van der Waals surface area contributed by atoms with Crippen molar-refractivity contribution in [2.75, 3.05) is 0 Å². The van der Waals surface area contributed by atoms with Crippen LogP contribution >= 0.6 is 11.6 Å². The Bertz CT molecular complexity index is 1580. The molecule has 7 atom stereocenters. The normalized spacial score (nSPS) is 27.7. The Balaban J connectivity index is 1.65. The topological polar surface area (TPSA) is 146 Å². The Kier molecular flexibility index (Phi) is 12.6. The average molecular weight is 710 g/mol. The number of aryl methyl sites for hydroxylation is 1. The van der Waals surface area contributed by atoms with Crippen LogP contribution in [0.15, 0.2) is 54.6 Å². The summed E-state index contributed by atoms with van der Waals surface area (Å²) in [6.45, 7) is 14.8. The Labute approximate surface area is 300 Å². The van der Waals surface area contributed by atoms with E-state index in [0.717, 1.165) is 22.3 Å². The number of amides is 3. The highest BCUT2D eigenvalue weighted by Gasteiger charge is 2.48. The van der Waals surface area contributed by atoms with Crippen LogP contribution in [0.4, 0.5) is 0 Å². The fourth-order valence-corrected chi connectivity index (χ4v) is 6.20. The Morgan fingerprint density at radius 3 is 2.26 bits per heavy atom. The van der Waals surface area contributed by atoms with Crippen molar-refractivity contribution in [2.45, 2.75) is 118 Å². The van der Waals surface area contributed by atoms with Gasteiger partial charge in [0.15, 0.2) is 0 Å². The molecule has 2 aliphatic rings. The lowest BCUT2D eigenvalue weighted by molar-refractivity contribution is -0.157. The third-order valence-electron chi connectivity index (χ3n) is 9.77. The van der Waals surface area contributed by atoms with Crippen LogP contribution in [0.2, 0.25) is 5.02 Å². The van der Waals surface area contributed by atoms with E-state index in [1.807, 2.05) is 71.0 Å². The van der Waals surface area contributed by atoms with E-state index < -0.39 is 53.3 Å². The molecular formula is C39H52ClN3O7. The van der Waals surface area contributed by atoms with Crippen LogP contribution in [0.5, 0.6) is 0 Å². The molecule has 0 radical (unpaired) electrons. The second-order valence-electron chi connectivity index (χ2n) is 15.5. The van der Waals surface area contributed by atoms with Crippen molar-refractivity contribution in [3.8, 4) is 0 Å². The number of hydrogen-bond donors (Lipinski definition) is 4. The van der Waals surface area contributed by atoms with Crippen LogP contribution in [0.25, 0.3) is 0 Å². The SMILES string of the molecule is Cc1ccc(C[C@H]2NC(=O)/C=C/C[C@@H]([C@H](C)[C@H]3O[C@@H]3c3ccc(CO)cc3)OC(=O)[C@H](CC(C)(C)C)NC(=O)C(C)(C)C(C)NC2=O)cc1Cl. The summed E-state index contributed by atoms with van der Waals surface area (Å²) in [5.41, 5.74) is 1.92. The maximum atomic E-state index is 13.9. The number of epoxide rings is 1. The number of carbonyl (C=O) groups excluding carboxylic acids is 4. The smallest absolute Gasteiger partial charge is 0.328 e. The maximum absolute atomic E-state index is 13.9. The summed E-state index contributed by atoms with van der Waals surface area (Å²) in [5.74, 6) is -2.22. The number of benzene rings is 2. The van der Waals surface area contributed by atoms with Gasteiger partial charge in [-0.2, -0.15) is 0 Å². The number of carbonyl (C=O) groups is 4. The van der Waals surface area contributed by atoms with Crippen molar-refractivity contribution in [2.24, 2.45) is 16.7 Å². The summed E-state index contributed by atoms with van der Waals surface area (Å²) in [5, 5.41) is 18.7. The van der Waals surface area contributed by atoms with Crippen molar-refractivity contribution >= 4 is 35.3 Å². The summed E-state index contributed by atoms with van der Waals surface area (Å²) in [4.78, 5) is 54.7. The van der Waals surface area contributed by atoms with Gasteiger partial charge in [-0.25, -0.2) is 4.79 Å². The van der Waals surface area contributed by atoms with Crippen molar-refractivity contribution in [1.82, 2.24) is 16.0 Å². The van der Waals surface area contributed by atoms with E-state index in [9.17, 15) is 24.3 Å². The largest absolute Gasteiger partial charge is 0.460 e. The predicted octanol–water partition coefficient (Wildman–Crippen LogP) is 5.27. The number of halogens is 1. The van der Waals surface area contributed by atoms with Crippen LogP contribution in [-0.2, 0) is 41.7 Å². The zero-order chi connectivity index (χ0) is 37.0. The van der Waals surface area contributed by atoms with Gasteiger partial charge < -0.3 is 30.5 Å². The quantitative estimate of drug-likeness (QED) is 0.226. The first kappa shape index (κ1) is 39.1. The van der Waals surface area contributed by atoms with E-state index in [-0.39, 0.29) is 43.0 Å². The number of cyclic esters (lactones) is 1. The minimum absolute atomic E-state index is 0.0579. The van der Waals surface area contributed by atoms with Gasteiger partial charge >= 0.3 is 5.97 Å². The number of rotatable bonds is 7. The summed E-state index contributed by atoms with van der Waals surface area (Å²) in [6, 6.07) is 10.4. The Hall–Kier alpha value is -3.73. The van der Waals surface area contributed by atoms with Gasteiger partial charge in [0.05, 0.1) is 18.1 Å². The molecule has 2 aromatic carbocycles. The number of nitrogens with one attached hydrogen (secondary N) is 3. The van der Waals surface area contributed by atoms with Gasteiger partial charge in [-0.3, -0.25) is 14.4 Å². The van der Waals surface area contributed by atoms with E-state index in [4.69, 9.17) is 21.1 Å². The van der Waals surface area contributed by atoms with E-state index in [0.29, 0.717) is 11.4 Å². The fourth-order valence-electron chi connectivity index (χ4n) is 6.00. The van der Waals surface area contributed by atoms with E-state index in [1.165, 1.54) is 6.08 Å². The molecule has 1 unspecified atom stereocenters. The van der Waals surface area contributed by atoms with Gasteiger partial charge in [-0.15, -0.1) is 0 Å². The van der Waals surface area contributed by atoms with E-state index in [2.05, 4.69) is 16.0 Å². The van der Waals surface area contributed by atoms with Crippen molar-refractivity contribution < 1.29 is 33.8 Å². The molecular weight excluding hydrogens is 658 g/mol. The van der Waals surface area contributed by atoms with Crippen LogP contribution in [0, 0.1) is 23.7 Å². The average Bonchev–Trinajstić information content (AvgIpc) is 3.85. The molecule has 50 heavy (non-hydrogen) atoms. The summed E-state index contributed by atoms with van der Waals surface area (Å²) in [7, 11) is 0. The molecule has 0 aliphatic carbocycles. The van der Waals surface area contributed by atoms with Crippen LogP contribution < -0.4 is 16.0 Å². The molecule has 1 fully saturated rings. The summed E-state index contributed by atoms with van der Waals surface area (Å²) >= 11 is 6.37. The van der Waals surface area contributed by atoms with Crippen molar-refractivity contribution in [3.63, 3.8) is 0 Å². The molecule has 10 nitrogen and oxygen atoms in total. The molecule has 0 spiro atoms. The Morgan fingerprint density at radius 2 is 1.64 bits per heavy atom. The van der Waals surface area contributed by atoms with E-state index in [1.54, 1.807) is 32.9 Å². The Morgan fingerprint density at radius 1 is 0.980 bits per heavy atom. The van der Waals surface area contributed by atoms with Gasteiger partial charge in [0, 0.05) is 29.8 Å². The predicted molar refractivity (Wildman–Crippen MR) is 192 cm³/mol. The molecule has 3 amide bonds. The third-order valence-corrected chi connectivity index (χ3v) is 10.2. The minimum atomic E-state index is -1.14. The summed E-state index contributed by atoms with van der Waals surface area (Å²) < 4.78 is 12.2. The minimum Gasteiger partial charge on any atom is -0.460 e. The number of ether oxygens (including phenoxy) is 2. The lowest BCUT2D eigenvalue weighted by Gasteiger charge is -2.35. The fraction of sp³-hybridized carbons (Fsp3) is 0.538. The lowest BCUT2D eigenvalue weighted by Crippen LogP contribution is -2.58. The third kappa shape index (κ3) is 10.2. The molecule has 272 valence electrons. The van der Waals surface area contributed by atoms with Crippen LogP contribution in [0.3, 0.4) is 0 Å². The van der Waals surface area contributed by atoms with Crippen LogP contribution in [-0.4, -0.2) is 59.1 Å². The number of aliphatic hydroxyl groups is 1. The van der Waals surface area contributed by atoms with Gasteiger partial charge in [0.2, 0.25) is 17.7 Å². The molecule has 2 heterocycles. The van der Waals surface area contributed by atoms with Gasteiger partial charge in [-0.1, -0.05) is 81.8 Å². The molecule has 0 aromatic heterocycles. The van der Waals surface area contributed by atoms with E-state index >= 15 is 0 Å². The molecule has 0 saturated carbocycles. The van der Waals surface area contributed by atoms with Gasteiger partial charge in [0.25, 0.3) is 0 Å². The molecule has 4 N–H and O–H groups in total. The van der Waals surface area contributed by atoms with Crippen LogP contribution in [0.1, 0.15) is 89.7 Å². The first-order valence-electron chi connectivity index (χ1n) is 17.3. The second-order valence-corrected chi connectivity index (χ2v) is 15.9. The molecule has 1 saturated heterocycles. The van der Waals surface area contributed by atoms with Crippen molar-refractivity contribution in [3.05, 3.63) is 81.9 Å². The van der Waals surface area contributed by atoms with Crippen molar-refractivity contribution in [1.29, 1.82) is 0 Å². The summed E-state index contributed by atoms with van der Waals surface area (Å²) in [6.07, 6.45) is 2.50. The zero-order valence-corrected chi connectivity index (χ0v) is 31.1. The highest BCUT2D eigenvalue weighted by Crippen LogP contribution is 2.45. The first-order valence-corrected chi connectivity index (χ1v) is 17.7. The van der Waals surface area contributed by atoms with Gasteiger partial charge in [-0.05, 0) is 73.9 Å². The lowest BCUT2D eigenvalue weighted by atomic mass is 9.82. The maximum Gasteiger partial charge on any atom is 0.328 e. The standard InChI is InChI=1S/C39H52ClN3O7/c1-22-12-13-26(18-28(22)40)19-29-35(46)41-24(3)39(7,8)37(48)43-30(20-38(4,5)6)36(47)49-31(10-9-11-32(45)42-29)23(2)33-34(50-33)27-16-14-25(21-44)15-17-27/h9,11-18,23-24,29-31,33-34,44H,10,19-21H2,1-8H3,(H,41,46)(H,42,45)(H,43,48)/b11-9+/t23-,24?,29+,30-,31-,33+,34+/m0/s1. The zero-order valence-electron chi connectivity index (χ0n) is 30.3. The number of hydrogen-bond acceptors (Lipinski definition) is 7. The molecule has 4 rings (SSSR count). The van der Waals surface area contributed by atoms with Gasteiger partial charge in [0.1, 0.15) is 24.3 Å². The highest BCUT2D eigenvalue weighted by atomic mass is 35.5. The molecule has 2 aromatic rings.